The molecule has 0 saturated carbocycles. The van der Waals surface area contributed by atoms with E-state index in [1.165, 1.54) is 0 Å². The van der Waals surface area contributed by atoms with Crippen LogP contribution in [0.4, 0.5) is 0 Å². The lowest BCUT2D eigenvalue weighted by atomic mass is 10.8. The molecule has 0 aromatic carbocycles. The van der Waals surface area contributed by atoms with Crippen LogP contribution in [-0.4, -0.2) is 37.2 Å². The fraction of sp³-hybridized carbons (Fsp3) is 1.00. The average Bonchev–Trinajstić information content (AvgIpc) is 1.91. The van der Waals surface area contributed by atoms with Gasteiger partial charge in [0, 0.05) is 18.9 Å². The molecule has 0 rings (SSSR count). The molecule has 0 fully saturated rings. The van der Waals surface area contributed by atoms with Crippen molar-refractivity contribution >= 4 is 23.2 Å². The van der Waals surface area contributed by atoms with Crippen LogP contribution in [0.25, 0.3) is 0 Å². The van der Waals surface area contributed by atoms with Gasteiger partial charge in [-0.3, -0.25) is 0 Å². The van der Waals surface area contributed by atoms with Crippen LogP contribution >= 0.6 is 23.2 Å². The quantitative estimate of drug-likeness (QED) is 0.650. The predicted octanol–water partition coefficient (Wildman–Crippen LogP) is 1.09. The highest BCUT2D eigenvalue weighted by atomic mass is 35.5. The third-order valence-electron chi connectivity index (χ3n) is 0.367. The van der Waals surface area contributed by atoms with Crippen molar-refractivity contribution in [1.29, 1.82) is 0 Å². The minimum Gasteiger partial charge on any atom is -0.394 e. The van der Waals surface area contributed by atoms with E-state index in [0.29, 0.717) is 18.4 Å². The SMILES string of the molecule is COCCO.ClCCCl. The van der Waals surface area contributed by atoms with E-state index in [1.54, 1.807) is 7.11 Å². The number of aliphatic hydroxyl groups excluding tert-OH is 1. The molecule has 0 bridgehead atoms. The zero-order valence-electron chi connectivity index (χ0n) is 5.44. The van der Waals surface area contributed by atoms with E-state index in [1.807, 2.05) is 0 Å². The van der Waals surface area contributed by atoms with Gasteiger partial charge in [-0.2, -0.15) is 0 Å². The molecular formula is C5H12Cl2O2. The largest absolute Gasteiger partial charge is 0.394 e. The maximum absolute atomic E-state index is 7.94. The van der Waals surface area contributed by atoms with Gasteiger partial charge in [0.15, 0.2) is 0 Å². The van der Waals surface area contributed by atoms with E-state index in [-0.39, 0.29) is 6.61 Å². The summed E-state index contributed by atoms with van der Waals surface area (Å²) in [5.74, 6) is 1.11. The van der Waals surface area contributed by atoms with Crippen LogP contribution in [0.1, 0.15) is 0 Å². The molecule has 0 aliphatic carbocycles. The summed E-state index contributed by atoms with van der Waals surface area (Å²) >= 11 is 10.1. The number of hydrogen-bond donors (Lipinski definition) is 1. The molecular weight excluding hydrogens is 163 g/mol. The lowest BCUT2D eigenvalue weighted by Crippen LogP contribution is -1.91. The van der Waals surface area contributed by atoms with E-state index in [9.17, 15) is 0 Å². The summed E-state index contributed by atoms with van der Waals surface area (Å²) in [5.41, 5.74) is 0. The van der Waals surface area contributed by atoms with Gasteiger partial charge >= 0.3 is 0 Å². The van der Waals surface area contributed by atoms with Gasteiger partial charge in [-0.1, -0.05) is 0 Å². The number of ether oxygens (including phenoxy) is 1. The van der Waals surface area contributed by atoms with Crippen LogP contribution in [0, 0.1) is 0 Å². The Kier molecular flexibility index (Phi) is 21.4. The van der Waals surface area contributed by atoms with Gasteiger partial charge in [-0.25, -0.2) is 0 Å². The Hall–Kier alpha value is 0.500. The van der Waals surface area contributed by atoms with E-state index in [0.717, 1.165) is 0 Å². The number of rotatable bonds is 3. The first-order valence-electron chi connectivity index (χ1n) is 2.55. The number of aliphatic hydroxyl groups is 1. The Bertz CT molecular complexity index is 32.1. The van der Waals surface area contributed by atoms with Crippen molar-refractivity contribution in [2.75, 3.05) is 32.1 Å². The normalized spacial score (nSPS) is 8.00. The average molecular weight is 175 g/mol. The Morgan fingerprint density at radius 1 is 1.33 bits per heavy atom. The van der Waals surface area contributed by atoms with Crippen LogP contribution in [0.5, 0.6) is 0 Å². The minimum atomic E-state index is 0.122. The van der Waals surface area contributed by atoms with Crippen molar-refractivity contribution in [3.63, 3.8) is 0 Å². The molecule has 0 aliphatic heterocycles. The van der Waals surface area contributed by atoms with Crippen molar-refractivity contribution < 1.29 is 9.84 Å². The molecule has 2 nitrogen and oxygen atoms in total. The Morgan fingerprint density at radius 2 is 1.78 bits per heavy atom. The van der Waals surface area contributed by atoms with E-state index in [4.69, 9.17) is 28.3 Å². The van der Waals surface area contributed by atoms with E-state index < -0.39 is 0 Å². The molecule has 0 saturated heterocycles. The van der Waals surface area contributed by atoms with E-state index in [2.05, 4.69) is 4.74 Å². The molecule has 0 aliphatic rings. The fourth-order valence-corrected chi connectivity index (χ4v) is 0.0913. The number of methoxy groups -OCH3 is 1. The van der Waals surface area contributed by atoms with Crippen molar-refractivity contribution in [3.8, 4) is 0 Å². The molecule has 0 spiro atoms. The maximum Gasteiger partial charge on any atom is 0.0693 e. The first kappa shape index (κ1) is 12.2. The maximum atomic E-state index is 7.94. The summed E-state index contributed by atoms with van der Waals surface area (Å²) in [6.45, 7) is 0.566. The molecule has 1 N–H and O–H groups in total. The standard InChI is InChI=1S/C3H8O2.C2H4Cl2/c1-5-3-2-4;3-1-2-4/h4H,2-3H2,1H3;1-2H2. The fourth-order valence-electron chi connectivity index (χ4n) is 0.0913. The highest BCUT2D eigenvalue weighted by molar-refractivity contribution is 6.25. The summed E-state index contributed by atoms with van der Waals surface area (Å²) in [5, 5.41) is 7.94. The minimum absolute atomic E-state index is 0.122. The second-order valence-electron chi connectivity index (χ2n) is 1.09. The zero-order valence-corrected chi connectivity index (χ0v) is 6.95. The molecule has 0 aromatic heterocycles. The van der Waals surface area contributed by atoms with Crippen LogP contribution in [0.2, 0.25) is 0 Å². The van der Waals surface area contributed by atoms with Crippen molar-refractivity contribution in [2.24, 2.45) is 0 Å². The molecule has 0 amide bonds. The summed E-state index contributed by atoms with van der Waals surface area (Å²) in [4.78, 5) is 0. The molecule has 0 radical (unpaired) electrons. The molecule has 4 heteroatoms. The number of hydrogen-bond acceptors (Lipinski definition) is 2. The van der Waals surface area contributed by atoms with Gasteiger partial charge in [0.2, 0.25) is 0 Å². The van der Waals surface area contributed by atoms with Gasteiger partial charge in [0.25, 0.3) is 0 Å². The van der Waals surface area contributed by atoms with Gasteiger partial charge in [0.05, 0.1) is 13.2 Å². The summed E-state index contributed by atoms with van der Waals surface area (Å²) in [6.07, 6.45) is 0. The van der Waals surface area contributed by atoms with Gasteiger partial charge < -0.3 is 9.84 Å². The van der Waals surface area contributed by atoms with E-state index >= 15 is 0 Å². The molecule has 0 aromatic rings. The predicted molar refractivity (Wildman–Crippen MR) is 40.4 cm³/mol. The summed E-state index contributed by atoms with van der Waals surface area (Å²) in [6, 6.07) is 0. The zero-order chi connectivity index (χ0) is 7.54. The van der Waals surface area contributed by atoms with Crippen LogP contribution < -0.4 is 0 Å². The number of halogens is 2. The second kappa shape index (κ2) is 15.8. The van der Waals surface area contributed by atoms with Crippen LogP contribution in [-0.2, 0) is 4.74 Å². The van der Waals surface area contributed by atoms with Crippen LogP contribution in [0.15, 0.2) is 0 Å². The van der Waals surface area contributed by atoms with Crippen molar-refractivity contribution in [3.05, 3.63) is 0 Å². The number of alkyl halides is 2. The highest BCUT2D eigenvalue weighted by Gasteiger charge is 1.67. The monoisotopic (exact) mass is 174 g/mol. The first-order valence-corrected chi connectivity index (χ1v) is 3.62. The molecule has 0 unspecified atom stereocenters. The summed E-state index contributed by atoms with van der Waals surface area (Å²) in [7, 11) is 1.55. The Labute approximate surface area is 65.7 Å². The molecule has 0 atom stereocenters. The molecule has 9 heavy (non-hydrogen) atoms. The van der Waals surface area contributed by atoms with Crippen LogP contribution in [0.3, 0.4) is 0 Å². The molecule has 58 valence electrons. The van der Waals surface area contributed by atoms with Gasteiger partial charge in [-0.15, -0.1) is 23.2 Å². The smallest absolute Gasteiger partial charge is 0.0693 e. The van der Waals surface area contributed by atoms with Gasteiger partial charge in [0.1, 0.15) is 0 Å². The molecule has 0 heterocycles. The lowest BCUT2D eigenvalue weighted by Gasteiger charge is -1.84. The third kappa shape index (κ3) is 29.3. The third-order valence-corrected chi connectivity index (χ3v) is 0.938. The Morgan fingerprint density at radius 3 is 1.78 bits per heavy atom. The lowest BCUT2D eigenvalue weighted by molar-refractivity contribution is 0.135. The van der Waals surface area contributed by atoms with Gasteiger partial charge in [-0.05, 0) is 0 Å². The summed E-state index contributed by atoms with van der Waals surface area (Å²) < 4.78 is 4.44. The topological polar surface area (TPSA) is 29.5 Å². The first-order chi connectivity index (χ1) is 4.33. The Balaban J connectivity index is 0. The second-order valence-corrected chi connectivity index (χ2v) is 1.85. The van der Waals surface area contributed by atoms with Crippen molar-refractivity contribution in [2.45, 2.75) is 0 Å². The van der Waals surface area contributed by atoms with Crippen molar-refractivity contribution in [1.82, 2.24) is 0 Å². The highest BCUT2D eigenvalue weighted by Crippen LogP contribution is 1.75.